The average Bonchev–Trinajstić information content (AvgIpc) is 3.20. The van der Waals surface area contributed by atoms with Gasteiger partial charge in [0.15, 0.2) is 0 Å². The number of hydrogen-bond donors (Lipinski definition) is 1. The highest BCUT2D eigenvalue weighted by molar-refractivity contribution is 5.67. The number of alkyl carbamates (subject to hydrolysis) is 1. The second-order valence-electron chi connectivity index (χ2n) is 14.2. The summed E-state index contributed by atoms with van der Waals surface area (Å²) >= 11 is 0. The molecular weight excluding hydrogens is 754 g/mol. The molecule has 0 atom stereocenters. The van der Waals surface area contributed by atoms with E-state index in [9.17, 15) is 4.79 Å². The molecule has 1 aromatic rings. The highest BCUT2D eigenvalue weighted by Crippen LogP contribution is 2.15. The van der Waals surface area contributed by atoms with Gasteiger partial charge in [0.05, 0.1) is 145 Å². The van der Waals surface area contributed by atoms with Crippen molar-refractivity contribution in [2.75, 3.05) is 159 Å². The molecule has 1 amide bonds. The molecule has 58 heavy (non-hydrogen) atoms. The van der Waals surface area contributed by atoms with Gasteiger partial charge in [0.1, 0.15) is 18.0 Å². The van der Waals surface area contributed by atoms with Gasteiger partial charge in [-0.3, -0.25) is 0 Å². The first kappa shape index (κ1) is 53.9. The molecule has 0 heterocycles. The van der Waals surface area contributed by atoms with E-state index >= 15 is 0 Å². The molecule has 340 valence electrons. The molecule has 1 aromatic carbocycles. The summed E-state index contributed by atoms with van der Waals surface area (Å²) in [6.07, 6.45) is 8.61. The van der Waals surface area contributed by atoms with E-state index in [1.807, 2.05) is 32.9 Å². The lowest BCUT2D eigenvalue weighted by Gasteiger charge is -2.19. The van der Waals surface area contributed by atoms with Gasteiger partial charge in [-0.2, -0.15) is 0 Å². The van der Waals surface area contributed by atoms with Crippen molar-refractivity contribution in [2.45, 2.75) is 78.2 Å². The number of amides is 1. The Hall–Kier alpha value is -2.15. The Morgan fingerprint density at radius 3 is 1.14 bits per heavy atom. The number of ether oxygens (including phenoxy) is 13. The van der Waals surface area contributed by atoms with Gasteiger partial charge in [-0.05, 0) is 51.3 Å². The van der Waals surface area contributed by atoms with Crippen LogP contribution in [0.5, 0.6) is 5.75 Å². The maximum atomic E-state index is 11.5. The number of carbonyl (C=O) groups excluding carboxylic acids is 1. The van der Waals surface area contributed by atoms with Gasteiger partial charge in [0, 0.05) is 6.54 Å². The Morgan fingerprint density at radius 1 is 0.448 bits per heavy atom. The van der Waals surface area contributed by atoms with Crippen molar-refractivity contribution in [1.82, 2.24) is 5.32 Å². The summed E-state index contributed by atoms with van der Waals surface area (Å²) in [6, 6.07) is 8.43. The van der Waals surface area contributed by atoms with Gasteiger partial charge in [0.2, 0.25) is 0 Å². The van der Waals surface area contributed by atoms with E-state index in [2.05, 4.69) is 24.4 Å². The zero-order valence-electron chi connectivity index (χ0n) is 36.4. The summed E-state index contributed by atoms with van der Waals surface area (Å²) in [5, 5.41) is 2.63. The summed E-state index contributed by atoms with van der Waals surface area (Å²) in [6.45, 7) is 19.4. The van der Waals surface area contributed by atoms with E-state index in [1.54, 1.807) is 0 Å². The molecule has 0 saturated heterocycles. The Kier molecular flexibility index (Phi) is 38.6. The molecule has 15 heteroatoms. The summed E-state index contributed by atoms with van der Waals surface area (Å²) in [5.74, 6) is 0.881. The summed E-state index contributed by atoms with van der Waals surface area (Å²) in [5.41, 5.74) is 0.860. The van der Waals surface area contributed by atoms with E-state index in [4.69, 9.17) is 61.6 Å². The minimum Gasteiger partial charge on any atom is -0.491 e. The molecule has 0 unspecified atom stereocenters. The number of rotatable bonds is 44. The fourth-order valence-corrected chi connectivity index (χ4v) is 4.92. The zero-order chi connectivity index (χ0) is 41.9. The molecular formula is C43H79NO14. The zero-order valence-corrected chi connectivity index (χ0v) is 36.4. The van der Waals surface area contributed by atoms with Crippen LogP contribution in [-0.4, -0.2) is 170 Å². The molecule has 0 saturated carbocycles. The molecule has 15 nitrogen and oxygen atoms in total. The largest absolute Gasteiger partial charge is 0.491 e. The molecule has 0 aliphatic carbocycles. The number of carbonyl (C=O) groups is 1. The minimum atomic E-state index is -0.514. The van der Waals surface area contributed by atoms with Gasteiger partial charge in [-0.1, -0.05) is 51.2 Å². The van der Waals surface area contributed by atoms with Gasteiger partial charge in [-0.15, -0.1) is 0 Å². The third-order valence-corrected chi connectivity index (χ3v) is 7.87. The van der Waals surface area contributed by atoms with E-state index < -0.39 is 11.7 Å². The highest BCUT2D eigenvalue weighted by atomic mass is 16.6. The topological polar surface area (TPSA) is 149 Å². The fraction of sp³-hybridized carbons (Fsp3) is 0.837. The van der Waals surface area contributed by atoms with Gasteiger partial charge in [0.25, 0.3) is 0 Å². The minimum absolute atomic E-state index is 0.381. The van der Waals surface area contributed by atoms with Crippen LogP contribution in [0.3, 0.4) is 0 Å². The summed E-state index contributed by atoms with van der Waals surface area (Å²) in [4.78, 5) is 11.5. The van der Waals surface area contributed by atoms with Crippen LogP contribution in [-0.2, 0) is 63.3 Å². The molecule has 1 rings (SSSR count). The molecule has 0 radical (unpaired) electrons. The van der Waals surface area contributed by atoms with Crippen LogP contribution in [0.1, 0.15) is 71.8 Å². The number of unbranched alkanes of at least 4 members (excludes halogenated alkanes) is 5. The normalized spacial score (nSPS) is 11.7. The Bertz CT molecular complexity index is 998. The van der Waals surface area contributed by atoms with E-state index in [-0.39, 0.29) is 0 Å². The standard InChI is InChI=1S/C43H79NO14/c1-5-6-7-8-9-10-11-40-12-14-41(15-13-40)57-39-38-56-37-36-55-35-34-54-33-32-53-31-30-52-29-28-51-27-26-50-25-24-49-23-22-48-21-20-47-19-18-46-17-16-44-42(45)58-43(2,3)4/h12-15H,5-11,16-39H2,1-4H3,(H,44,45). The van der Waals surface area contributed by atoms with Crippen molar-refractivity contribution >= 4 is 6.09 Å². The van der Waals surface area contributed by atoms with Crippen molar-refractivity contribution in [3.8, 4) is 5.75 Å². The maximum Gasteiger partial charge on any atom is 0.407 e. The predicted octanol–water partition coefficient (Wildman–Crippen LogP) is 5.68. The van der Waals surface area contributed by atoms with Gasteiger partial charge in [-0.25, -0.2) is 4.79 Å². The maximum absolute atomic E-state index is 11.5. The Balaban J connectivity index is 1.67. The number of nitrogens with one attached hydrogen (secondary N) is 1. The summed E-state index contributed by atoms with van der Waals surface area (Å²) in [7, 11) is 0. The monoisotopic (exact) mass is 834 g/mol. The van der Waals surface area contributed by atoms with Crippen LogP contribution < -0.4 is 10.1 Å². The van der Waals surface area contributed by atoms with Crippen molar-refractivity contribution in [3.63, 3.8) is 0 Å². The van der Waals surface area contributed by atoms with Crippen molar-refractivity contribution in [1.29, 1.82) is 0 Å². The van der Waals surface area contributed by atoms with Crippen LogP contribution in [0.25, 0.3) is 0 Å². The molecule has 0 fully saturated rings. The van der Waals surface area contributed by atoms with E-state index in [0.717, 1.165) is 12.2 Å². The van der Waals surface area contributed by atoms with Crippen molar-refractivity contribution in [3.05, 3.63) is 29.8 Å². The molecule has 0 aliphatic rings. The molecule has 1 N–H and O–H groups in total. The van der Waals surface area contributed by atoms with Crippen LogP contribution in [0.2, 0.25) is 0 Å². The Labute approximate surface area is 349 Å². The Morgan fingerprint density at radius 2 is 0.776 bits per heavy atom. The van der Waals surface area contributed by atoms with Crippen LogP contribution in [0.4, 0.5) is 4.79 Å². The predicted molar refractivity (Wildman–Crippen MR) is 222 cm³/mol. The van der Waals surface area contributed by atoms with Crippen LogP contribution in [0.15, 0.2) is 24.3 Å². The third kappa shape index (κ3) is 40.6. The summed E-state index contributed by atoms with van der Waals surface area (Å²) < 4.78 is 71.4. The lowest BCUT2D eigenvalue weighted by molar-refractivity contribution is -0.0277. The van der Waals surface area contributed by atoms with Gasteiger partial charge >= 0.3 is 6.09 Å². The SMILES string of the molecule is CCCCCCCCc1ccc(OCCOCCOCCOCCOCCOCCOCCOCCOCCOCCOCCOCCNC(=O)OC(C)(C)C)cc1. The first-order chi connectivity index (χ1) is 28.4. The second-order valence-corrected chi connectivity index (χ2v) is 14.2. The smallest absolute Gasteiger partial charge is 0.407 e. The van der Waals surface area contributed by atoms with E-state index in [0.29, 0.717) is 159 Å². The highest BCUT2D eigenvalue weighted by Gasteiger charge is 2.15. The lowest BCUT2D eigenvalue weighted by atomic mass is 10.0. The van der Waals surface area contributed by atoms with Crippen molar-refractivity contribution < 1.29 is 66.4 Å². The average molecular weight is 834 g/mol. The van der Waals surface area contributed by atoms with Crippen LogP contribution in [0, 0.1) is 0 Å². The quantitative estimate of drug-likeness (QED) is 0.0805. The fourth-order valence-electron chi connectivity index (χ4n) is 4.92. The van der Waals surface area contributed by atoms with Crippen molar-refractivity contribution in [2.24, 2.45) is 0 Å². The third-order valence-electron chi connectivity index (χ3n) is 7.87. The molecule has 0 aromatic heterocycles. The first-order valence-corrected chi connectivity index (χ1v) is 21.4. The molecule has 0 aliphatic heterocycles. The van der Waals surface area contributed by atoms with E-state index in [1.165, 1.54) is 44.1 Å². The van der Waals surface area contributed by atoms with Gasteiger partial charge < -0.3 is 66.9 Å². The second kappa shape index (κ2) is 41.6. The number of aryl methyl sites for hydroxylation is 1. The molecule has 0 spiro atoms. The lowest BCUT2D eigenvalue weighted by Crippen LogP contribution is -2.34. The number of hydrogen-bond acceptors (Lipinski definition) is 14. The number of benzene rings is 1. The van der Waals surface area contributed by atoms with Crippen LogP contribution >= 0.6 is 0 Å². The molecule has 0 bridgehead atoms. The first-order valence-electron chi connectivity index (χ1n) is 21.4.